The Bertz CT molecular complexity index is 737. The van der Waals surface area contributed by atoms with Crippen molar-refractivity contribution in [1.82, 2.24) is 9.97 Å². The second kappa shape index (κ2) is 4.57. The minimum atomic E-state index is 0.623. The lowest BCUT2D eigenvalue weighted by molar-refractivity contribution is 1.34. The largest absolute Gasteiger partial charge is 0.338 e. The molecule has 18 heavy (non-hydrogen) atoms. The smallest absolute Gasteiger partial charge is 0.140 e. The van der Waals surface area contributed by atoms with E-state index in [-0.39, 0.29) is 0 Å². The molecule has 1 heterocycles. The fraction of sp³-hybridized carbons (Fsp3) is 0. The van der Waals surface area contributed by atoms with Gasteiger partial charge in [0.1, 0.15) is 5.82 Å². The van der Waals surface area contributed by atoms with Gasteiger partial charge in [-0.1, -0.05) is 39.1 Å². The van der Waals surface area contributed by atoms with E-state index in [0.29, 0.717) is 10.0 Å². The predicted octanol–water partition coefficient (Wildman–Crippen LogP) is 5.30. The number of rotatable bonds is 1. The molecule has 2 nitrogen and oxygen atoms in total. The summed E-state index contributed by atoms with van der Waals surface area (Å²) in [5, 5.41) is 1.26. The Morgan fingerprint density at radius 3 is 2.72 bits per heavy atom. The molecule has 3 rings (SSSR count). The van der Waals surface area contributed by atoms with E-state index in [0.717, 1.165) is 26.9 Å². The molecule has 0 amide bonds. The first-order valence-electron chi connectivity index (χ1n) is 5.24. The molecule has 5 heteroatoms. The van der Waals surface area contributed by atoms with Crippen LogP contribution < -0.4 is 0 Å². The van der Waals surface area contributed by atoms with Crippen LogP contribution in [-0.4, -0.2) is 9.97 Å². The molecule has 0 aliphatic rings. The minimum Gasteiger partial charge on any atom is -0.338 e. The fourth-order valence-electron chi connectivity index (χ4n) is 1.79. The number of nitrogens with zero attached hydrogens (tertiary/aromatic N) is 1. The van der Waals surface area contributed by atoms with E-state index in [1.807, 2.05) is 18.2 Å². The van der Waals surface area contributed by atoms with Crippen LogP contribution in [0.5, 0.6) is 0 Å². The van der Waals surface area contributed by atoms with E-state index in [9.17, 15) is 0 Å². The number of benzene rings is 2. The van der Waals surface area contributed by atoms with Crippen molar-refractivity contribution in [3.05, 3.63) is 50.9 Å². The van der Waals surface area contributed by atoms with Gasteiger partial charge in [-0.05, 0) is 36.4 Å². The van der Waals surface area contributed by atoms with Gasteiger partial charge < -0.3 is 4.98 Å². The lowest BCUT2D eigenvalue weighted by Crippen LogP contribution is -1.82. The van der Waals surface area contributed by atoms with Crippen LogP contribution in [0, 0.1) is 0 Å². The lowest BCUT2D eigenvalue weighted by atomic mass is 10.2. The summed E-state index contributed by atoms with van der Waals surface area (Å²) >= 11 is 15.6. The first-order valence-corrected chi connectivity index (χ1v) is 6.79. The molecular weight excluding hydrogens is 335 g/mol. The number of hydrogen-bond acceptors (Lipinski definition) is 1. The van der Waals surface area contributed by atoms with Crippen LogP contribution in [-0.2, 0) is 0 Å². The van der Waals surface area contributed by atoms with Crippen molar-refractivity contribution in [1.29, 1.82) is 0 Å². The minimum absolute atomic E-state index is 0.623. The maximum atomic E-state index is 6.16. The zero-order chi connectivity index (χ0) is 12.7. The molecule has 90 valence electrons. The van der Waals surface area contributed by atoms with Crippen molar-refractivity contribution in [2.45, 2.75) is 0 Å². The van der Waals surface area contributed by atoms with Crippen molar-refractivity contribution in [3.63, 3.8) is 0 Å². The van der Waals surface area contributed by atoms with Crippen molar-refractivity contribution in [3.8, 4) is 11.4 Å². The molecule has 1 aromatic heterocycles. The highest BCUT2D eigenvalue weighted by atomic mass is 79.9. The molecular formula is C13H7BrCl2N2. The van der Waals surface area contributed by atoms with Gasteiger partial charge >= 0.3 is 0 Å². The average Bonchev–Trinajstić information content (AvgIpc) is 2.74. The summed E-state index contributed by atoms with van der Waals surface area (Å²) in [5.41, 5.74) is 2.65. The number of aromatic amines is 1. The Morgan fingerprint density at radius 1 is 1.06 bits per heavy atom. The summed E-state index contributed by atoms with van der Waals surface area (Å²) < 4.78 is 1.00. The van der Waals surface area contributed by atoms with Gasteiger partial charge in [-0.3, -0.25) is 0 Å². The zero-order valence-corrected chi connectivity index (χ0v) is 12.1. The Labute approximate surface area is 122 Å². The van der Waals surface area contributed by atoms with E-state index in [1.165, 1.54) is 0 Å². The standard InChI is InChI=1S/C13H7BrCl2N2/c14-7-1-4-11-12(5-7)18-13(17-11)9-6-8(15)2-3-10(9)16/h1-6H,(H,17,18). The number of H-pyrrole nitrogens is 1. The Balaban J connectivity index is 2.22. The third-order valence-electron chi connectivity index (χ3n) is 2.63. The molecule has 2 aromatic carbocycles. The second-order valence-electron chi connectivity index (χ2n) is 3.87. The van der Waals surface area contributed by atoms with Crippen molar-refractivity contribution in [2.75, 3.05) is 0 Å². The third-order valence-corrected chi connectivity index (χ3v) is 3.69. The Hall–Kier alpha value is -1.03. The van der Waals surface area contributed by atoms with Crippen LogP contribution in [0.25, 0.3) is 22.4 Å². The van der Waals surface area contributed by atoms with Gasteiger partial charge in [0.2, 0.25) is 0 Å². The number of imidazole rings is 1. The van der Waals surface area contributed by atoms with Gasteiger partial charge in [0, 0.05) is 15.1 Å². The zero-order valence-electron chi connectivity index (χ0n) is 9.05. The number of nitrogens with one attached hydrogen (secondary N) is 1. The highest BCUT2D eigenvalue weighted by molar-refractivity contribution is 9.10. The third kappa shape index (κ3) is 2.14. The van der Waals surface area contributed by atoms with Crippen molar-refractivity contribution >= 4 is 50.2 Å². The Morgan fingerprint density at radius 2 is 1.89 bits per heavy atom. The number of hydrogen-bond donors (Lipinski definition) is 1. The van der Waals surface area contributed by atoms with Crippen LogP contribution in [0.3, 0.4) is 0 Å². The molecule has 0 spiro atoms. The average molecular weight is 342 g/mol. The van der Waals surface area contributed by atoms with E-state index in [4.69, 9.17) is 23.2 Å². The second-order valence-corrected chi connectivity index (χ2v) is 5.63. The summed E-state index contributed by atoms with van der Waals surface area (Å²) in [6, 6.07) is 11.2. The molecule has 0 unspecified atom stereocenters. The number of fused-ring (bicyclic) bond motifs is 1. The normalized spacial score (nSPS) is 11.1. The van der Waals surface area contributed by atoms with Crippen LogP contribution in [0.2, 0.25) is 10.0 Å². The molecule has 0 bridgehead atoms. The molecule has 0 atom stereocenters. The lowest BCUT2D eigenvalue weighted by Gasteiger charge is -2.00. The molecule has 0 radical (unpaired) electrons. The fourth-order valence-corrected chi connectivity index (χ4v) is 2.53. The summed E-state index contributed by atoms with van der Waals surface area (Å²) in [6.45, 7) is 0. The number of halogens is 3. The molecule has 0 aliphatic carbocycles. The maximum Gasteiger partial charge on any atom is 0.140 e. The first-order chi connectivity index (χ1) is 8.63. The van der Waals surface area contributed by atoms with Crippen LogP contribution in [0.15, 0.2) is 40.9 Å². The van der Waals surface area contributed by atoms with E-state index < -0.39 is 0 Å². The summed E-state index contributed by atoms with van der Waals surface area (Å²) in [5.74, 6) is 0.718. The topological polar surface area (TPSA) is 28.7 Å². The maximum absolute atomic E-state index is 6.16. The quantitative estimate of drug-likeness (QED) is 0.639. The van der Waals surface area contributed by atoms with Crippen molar-refractivity contribution < 1.29 is 0 Å². The summed E-state index contributed by atoms with van der Waals surface area (Å²) in [7, 11) is 0. The highest BCUT2D eigenvalue weighted by Crippen LogP contribution is 2.30. The first kappa shape index (κ1) is 12.0. The van der Waals surface area contributed by atoms with Crippen LogP contribution >= 0.6 is 39.1 Å². The van der Waals surface area contributed by atoms with Gasteiger partial charge in [-0.25, -0.2) is 4.98 Å². The highest BCUT2D eigenvalue weighted by Gasteiger charge is 2.09. The molecule has 0 saturated heterocycles. The van der Waals surface area contributed by atoms with E-state index >= 15 is 0 Å². The molecule has 0 saturated carbocycles. The van der Waals surface area contributed by atoms with Gasteiger partial charge in [0.25, 0.3) is 0 Å². The van der Waals surface area contributed by atoms with Crippen molar-refractivity contribution in [2.24, 2.45) is 0 Å². The monoisotopic (exact) mass is 340 g/mol. The van der Waals surface area contributed by atoms with Crippen LogP contribution in [0.1, 0.15) is 0 Å². The molecule has 3 aromatic rings. The SMILES string of the molecule is Clc1ccc(Cl)c(-c2nc3ccc(Br)cc3[nH]2)c1. The molecule has 0 fully saturated rings. The van der Waals surface area contributed by atoms with E-state index in [1.54, 1.807) is 18.2 Å². The number of aromatic nitrogens is 2. The molecule has 0 aliphatic heterocycles. The van der Waals surface area contributed by atoms with Gasteiger partial charge in [0.05, 0.1) is 16.1 Å². The van der Waals surface area contributed by atoms with Gasteiger partial charge in [-0.2, -0.15) is 0 Å². The van der Waals surface area contributed by atoms with Gasteiger partial charge in [0.15, 0.2) is 0 Å². The Kier molecular flexibility index (Phi) is 3.06. The van der Waals surface area contributed by atoms with Gasteiger partial charge in [-0.15, -0.1) is 0 Å². The van der Waals surface area contributed by atoms with Crippen LogP contribution in [0.4, 0.5) is 0 Å². The van der Waals surface area contributed by atoms with E-state index in [2.05, 4.69) is 25.9 Å². The summed E-state index contributed by atoms with van der Waals surface area (Å²) in [4.78, 5) is 7.74. The summed E-state index contributed by atoms with van der Waals surface area (Å²) in [6.07, 6.45) is 0. The predicted molar refractivity (Wildman–Crippen MR) is 79.2 cm³/mol. The molecule has 1 N–H and O–H groups in total.